The van der Waals surface area contributed by atoms with Crippen molar-refractivity contribution < 1.29 is 23.5 Å². The molecule has 1 aliphatic carbocycles. The van der Waals surface area contributed by atoms with Crippen LogP contribution in [0.5, 0.6) is 0 Å². The first-order valence-electron chi connectivity index (χ1n) is 12.7. The normalized spacial score (nSPS) is 20.9. The second-order valence-corrected chi connectivity index (χ2v) is 9.93. The molecule has 4 rings (SSSR count). The first-order chi connectivity index (χ1) is 19.6. The van der Waals surface area contributed by atoms with Gasteiger partial charge >= 0.3 is 0 Å². The number of carbonyl (C=O) groups excluding carboxylic acids is 3. The number of nitrogens with zero attached hydrogens (tertiary/aromatic N) is 3. The van der Waals surface area contributed by atoms with Crippen LogP contribution in [0.1, 0.15) is 28.8 Å². The van der Waals surface area contributed by atoms with Gasteiger partial charge in [0.1, 0.15) is 17.6 Å². The molecule has 2 aromatic rings. The lowest BCUT2D eigenvalue weighted by atomic mass is 9.88. The van der Waals surface area contributed by atoms with Crippen LogP contribution in [0, 0.1) is 18.3 Å². The van der Waals surface area contributed by atoms with Crippen LogP contribution in [0.4, 0.5) is 15.9 Å². The van der Waals surface area contributed by atoms with Crippen LogP contribution in [-0.2, 0) is 14.3 Å². The van der Waals surface area contributed by atoms with Crippen molar-refractivity contribution in [2.24, 2.45) is 16.6 Å². The lowest BCUT2D eigenvalue weighted by Crippen LogP contribution is -2.57. The zero-order chi connectivity index (χ0) is 29.6. The number of terminal acetylenes is 1. The number of pyridine rings is 1. The molecule has 10 nitrogen and oxygen atoms in total. The minimum absolute atomic E-state index is 0.0551. The van der Waals surface area contributed by atoms with Crippen molar-refractivity contribution in [2.75, 3.05) is 25.5 Å². The molecule has 1 fully saturated rings. The molecule has 0 saturated carbocycles. The molecule has 3 amide bonds. The molecule has 0 radical (unpaired) electrons. The van der Waals surface area contributed by atoms with E-state index in [1.807, 2.05) is 4.90 Å². The number of piperidine rings is 1. The Bertz CT molecular complexity index is 1440. The maximum atomic E-state index is 16.4. The fourth-order valence-electron chi connectivity index (χ4n) is 4.43. The lowest BCUT2D eigenvalue weighted by molar-refractivity contribution is -0.126. The number of allylic oxidation sites excluding steroid dienone is 2. The number of alkyl halides is 1. The number of carbonyl (C=O) groups is 3. The van der Waals surface area contributed by atoms with Crippen molar-refractivity contribution in [1.82, 2.24) is 15.2 Å². The third-order valence-electron chi connectivity index (χ3n) is 6.80. The Hall–Kier alpha value is -4.69. The largest absolute Gasteiger partial charge is 0.499 e. The van der Waals surface area contributed by atoms with Crippen molar-refractivity contribution in [3.8, 4) is 12.3 Å². The van der Waals surface area contributed by atoms with Crippen LogP contribution >= 0.6 is 11.6 Å². The number of nitrogens with two attached hydrogens (primary N) is 1. The summed E-state index contributed by atoms with van der Waals surface area (Å²) < 4.78 is 21.7. The second-order valence-electron chi connectivity index (χ2n) is 9.49. The van der Waals surface area contributed by atoms with E-state index in [-0.39, 0.29) is 34.0 Å². The molecule has 41 heavy (non-hydrogen) atoms. The first kappa shape index (κ1) is 29.3. The van der Waals surface area contributed by atoms with Gasteiger partial charge in [-0.2, -0.15) is 0 Å². The van der Waals surface area contributed by atoms with E-state index in [2.05, 4.69) is 26.5 Å². The molecule has 212 valence electrons. The fourth-order valence-corrected chi connectivity index (χ4v) is 4.69. The number of anilines is 1. The smallest absolute Gasteiger partial charge is 0.270 e. The van der Waals surface area contributed by atoms with Crippen LogP contribution in [0.25, 0.3) is 0 Å². The summed E-state index contributed by atoms with van der Waals surface area (Å²) in [5.41, 5.74) is 3.84. The van der Waals surface area contributed by atoms with Gasteiger partial charge in [0.25, 0.3) is 11.8 Å². The van der Waals surface area contributed by atoms with E-state index in [1.165, 1.54) is 43.6 Å². The Morgan fingerprint density at radius 2 is 1.95 bits per heavy atom. The molecule has 2 aliphatic rings. The average molecular weight is 579 g/mol. The summed E-state index contributed by atoms with van der Waals surface area (Å²) in [6.07, 6.45) is 11.9. The van der Waals surface area contributed by atoms with Crippen LogP contribution in [-0.4, -0.2) is 65.9 Å². The number of hydrogen-bond acceptors (Lipinski definition) is 6. The lowest BCUT2D eigenvalue weighted by Gasteiger charge is -2.34. The molecular weight excluding hydrogens is 551 g/mol. The van der Waals surface area contributed by atoms with Gasteiger partial charge in [-0.05, 0) is 61.4 Å². The Morgan fingerprint density at radius 3 is 2.54 bits per heavy atom. The monoisotopic (exact) mass is 578 g/mol. The van der Waals surface area contributed by atoms with Crippen molar-refractivity contribution >= 4 is 47.2 Å². The van der Waals surface area contributed by atoms with Crippen molar-refractivity contribution in [3.63, 3.8) is 0 Å². The topological polar surface area (TPSA) is 139 Å². The van der Waals surface area contributed by atoms with Gasteiger partial charge in [-0.3, -0.25) is 14.4 Å². The number of halogens is 2. The summed E-state index contributed by atoms with van der Waals surface area (Å²) in [6, 6.07) is 7.75. The predicted octanol–water partition coefficient (Wildman–Crippen LogP) is 3.03. The van der Waals surface area contributed by atoms with E-state index in [0.29, 0.717) is 37.2 Å². The Balaban J connectivity index is 1.46. The highest BCUT2D eigenvalue weighted by atomic mass is 35.5. The fraction of sp³-hybridized carbons (Fsp3) is 0.276. The maximum absolute atomic E-state index is 16.4. The quantitative estimate of drug-likeness (QED) is 0.250. The minimum atomic E-state index is -2.81. The van der Waals surface area contributed by atoms with E-state index >= 15 is 4.39 Å². The van der Waals surface area contributed by atoms with Gasteiger partial charge < -0.3 is 26.0 Å². The summed E-state index contributed by atoms with van der Waals surface area (Å²) in [6.45, 7) is 1.33. The second kappa shape index (κ2) is 12.7. The van der Waals surface area contributed by atoms with Gasteiger partial charge in [-0.15, -0.1) is 6.42 Å². The molecule has 1 aliphatic heterocycles. The third-order valence-corrected chi connectivity index (χ3v) is 7.01. The summed E-state index contributed by atoms with van der Waals surface area (Å²) in [7, 11) is 1.28. The number of amides is 3. The molecule has 1 saturated heterocycles. The molecule has 12 heteroatoms. The third kappa shape index (κ3) is 6.91. The standard InChI is InChI=1S/C29H28ClFN6O4/c1-3-18-4-9-24(33-16-18)35-28(40)29(31)15-21(30)14-23(41-2)25(29)36-27(39)20-5-7-22(8-6-20)34-17-37-12-10-19(11-13-37)26(32)38/h1,4-9,14-17,19,25H,10-13H2,2H3,(H2,32,38)(H,36,39)(H,33,35,40). The number of hydrogen-bond donors (Lipinski definition) is 3. The number of ether oxygens (including phenoxy) is 1. The number of nitrogens with one attached hydrogen (secondary N) is 2. The van der Waals surface area contributed by atoms with Crippen LogP contribution in [0.3, 0.4) is 0 Å². The molecule has 0 bridgehead atoms. The van der Waals surface area contributed by atoms with E-state index < -0.39 is 23.5 Å². The summed E-state index contributed by atoms with van der Waals surface area (Å²) in [5.74, 6) is 0.232. The van der Waals surface area contributed by atoms with Crippen molar-refractivity contribution in [3.05, 3.63) is 76.7 Å². The van der Waals surface area contributed by atoms with Gasteiger partial charge in [0.2, 0.25) is 11.6 Å². The van der Waals surface area contributed by atoms with Crippen LogP contribution in [0.15, 0.2) is 70.5 Å². The van der Waals surface area contributed by atoms with Gasteiger partial charge in [0, 0.05) is 41.4 Å². The van der Waals surface area contributed by atoms with E-state index in [0.717, 1.165) is 6.08 Å². The zero-order valence-corrected chi connectivity index (χ0v) is 22.9. The van der Waals surface area contributed by atoms with E-state index in [9.17, 15) is 14.4 Å². The number of benzene rings is 1. The molecular formula is C29H28ClFN6O4. The molecule has 1 aromatic heterocycles. The maximum Gasteiger partial charge on any atom is 0.270 e. The zero-order valence-electron chi connectivity index (χ0n) is 22.1. The number of likely N-dealkylation sites (tertiary alicyclic amines) is 1. The average Bonchev–Trinajstić information content (AvgIpc) is 2.98. The highest BCUT2D eigenvalue weighted by molar-refractivity contribution is 6.31. The van der Waals surface area contributed by atoms with Crippen molar-refractivity contribution in [2.45, 2.75) is 24.6 Å². The molecule has 4 N–H and O–H groups in total. The van der Waals surface area contributed by atoms with Gasteiger partial charge in [0.15, 0.2) is 0 Å². The molecule has 0 spiro atoms. The van der Waals surface area contributed by atoms with Gasteiger partial charge in [0.05, 0.1) is 19.1 Å². The molecule has 2 unspecified atom stereocenters. The summed E-state index contributed by atoms with van der Waals surface area (Å²) >= 11 is 6.10. The van der Waals surface area contributed by atoms with Crippen molar-refractivity contribution in [1.29, 1.82) is 0 Å². The highest BCUT2D eigenvalue weighted by Crippen LogP contribution is 2.34. The first-order valence-corrected chi connectivity index (χ1v) is 13.1. The number of aliphatic imine (C=N–C) groups is 1. The van der Waals surface area contributed by atoms with Crippen LogP contribution in [0.2, 0.25) is 0 Å². The number of primary amides is 1. The number of methoxy groups -OCH3 is 1. The highest BCUT2D eigenvalue weighted by Gasteiger charge is 2.50. The van der Waals surface area contributed by atoms with Crippen LogP contribution < -0.4 is 16.4 Å². The SMILES string of the molecule is C#Cc1ccc(NC(=O)C2(F)C=C(Cl)C=C(OC)C2NC(=O)c2ccc(N=CN3CCC(C(N)=O)CC3)cc2)nc1. The van der Waals surface area contributed by atoms with Gasteiger partial charge in [-0.1, -0.05) is 17.5 Å². The van der Waals surface area contributed by atoms with E-state index in [4.69, 9.17) is 28.5 Å². The number of aromatic nitrogens is 1. The Kier molecular flexibility index (Phi) is 9.04. The summed E-state index contributed by atoms with van der Waals surface area (Å²) in [5, 5.41) is 4.86. The molecule has 1 aromatic carbocycles. The number of rotatable bonds is 8. The minimum Gasteiger partial charge on any atom is -0.499 e. The Labute approximate surface area is 241 Å². The van der Waals surface area contributed by atoms with Gasteiger partial charge in [-0.25, -0.2) is 14.4 Å². The van der Waals surface area contributed by atoms with E-state index in [1.54, 1.807) is 18.5 Å². The Morgan fingerprint density at radius 1 is 1.24 bits per heavy atom. The predicted molar refractivity (Wildman–Crippen MR) is 153 cm³/mol. The molecule has 2 atom stereocenters. The summed E-state index contributed by atoms with van der Waals surface area (Å²) in [4.78, 5) is 48.0. The molecule has 2 heterocycles.